The molecule has 1 amide bonds. The van der Waals surface area contributed by atoms with Crippen molar-refractivity contribution in [3.8, 4) is 0 Å². The number of hydrogen-bond acceptors (Lipinski definition) is 3. The van der Waals surface area contributed by atoms with Gasteiger partial charge in [-0.3, -0.25) is 9.89 Å². The number of carbonyl (C=O) groups is 1. The maximum absolute atomic E-state index is 13.3. The van der Waals surface area contributed by atoms with Crippen molar-refractivity contribution >= 4 is 16.9 Å². The van der Waals surface area contributed by atoms with Crippen LogP contribution in [0.3, 0.4) is 0 Å². The molecule has 1 unspecified atom stereocenters. The Balaban J connectivity index is 1.44. The van der Waals surface area contributed by atoms with Crippen molar-refractivity contribution in [2.75, 3.05) is 13.1 Å². The summed E-state index contributed by atoms with van der Waals surface area (Å²) in [5.41, 5.74) is 1.72. The number of H-pyrrole nitrogens is 1. The molecule has 25 heavy (non-hydrogen) atoms. The summed E-state index contributed by atoms with van der Waals surface area (Å²) in [4.78, 5) is 19.2. The van der Waals surface area contributed by atoms with Crippen molar-refractivity contribution < 1.29 is 13.6 Å². The predicted molar refractivity (Wildman–Crippen MR) is 89.3 cm³/mol. The number of aromatic amines is 1. The molecule has 0 bridgehead atoms. The molecule has 1 saturated carbocycles. The predicted octanol–water partition coefficient (Wildman–Crippen LogP) is 3.49. The van der Waals surface area contributed by atoms with E-state index in [1.165, 1.54) is 0 Å². The Morgan fingerprint density at radius 1 is 1.24 bits per heavy atom. The Hall–Kier alpha value is -2.05. The number of carbonyl (C=O) groups excluding carboxylic acids is 1. The van der Waals surface area contributed by atoms with E-state index in [1.54, 1.807) is 6.20 Å². The molecule has 0 spiro atoms. The Kier molecular flexibility index (Phi) is 4.17. The average molecular weight is 348 g/mol. The molecule has 1 N–H and O–H groups in total. The highest BCUT2D eigenvalue weighted by Crippen LogP contribution is 2.37. The van der Waals surface area contributed by atoms with Crippen LogP contribution in [0.5, 0.6) is 0 Å². The van der Waals surface area contributed by atoms with Crippen molar-refractivity contribution in [3.05, 3.63) is 24.0 Å². The van der Waals surface area contributed by atoms with Crippen molar-refractivity contribution in [1.82, 2.24) is 20.1 Å². The highest BCUT2D eigenvalue weighted by molar-refractivity contribution is 5.79. The van der Waals surface area contributed by atoms with Gasteiger partial charge in [-0.2, -0.15) is 5.10 Å². The van der Waals surface area contributed by atoms with Crippen LogP contribution in [-0.2, 0) is 4.79 Å². The molecule has 1 aliphatic carbocycles. The number of piperidine rings is 1. The molecular formula is C18H22F2N4O. The molecule has 0 aromatic carbocycles. The largest absolute Gasteiger partial charge is 0.342 e. The van der Waals surface area contributed by atoms with Gasteiger partial charge in [0.25, 0.3) is 0 Å². The monoisotopic (exact) mass is 348 g/mol. The maximum Gasteiger partial charge on any atom is 0.248 e. The topological polar surface area (TPSA) is 61.9 Å². The fourth-order valence-corrected chi connectivity index (χ4v) is 4.03. The minimum Gasteiger partial charge on any atom is -0.342 e. The van der Waals surface area contributed by atoms with Crippen LogP contribution in [0.15, 0.2) is 18.3 Å². The van der Waals surface area contributed by atoms with Crippen LogP contribution in [-0.4, -0.2) is 45.0 Å². The van der Waals surface area contributed by atoms with Gasteiger partial charge in [0.2, 0.25) is 11.8 Å². The van der Waals surface area contributed by atoms with Crippen LogP contribution in [0.2, 0.25) is 0 Å². The third-order valence-electron chi connectivity index (χ3n) is 5.54. The van der Waals surface area contributed by atoms with E-state index >= 15 is 0 Å². The molecule has 134 valence electrons. The van der Waals surface area contributed by atoms with Crippen LogP contribution in [0, 0.1) is 5.92 Å². The van der Waals surface area contributed by atoms with E-state index in [0.29, 0.717) is 25.9 Å². The van der Waals surface area contributed by atoms with Gasteiger partial charge in [-0.1, -0.05) is 0 Å². The Labute approximate surface area is 144 Å². The summed E-state index contributed by atoms with van der Waals surface area (Å²) in [5.74, 6) is -2.61. The molecule has 1 saturated heterocycles. The lowest BCUT2D eigenvalue weighted by molar-refractivity contribution is -0.140. The number of rotatable bonds is 2. The van der Waals surface area contributed by atoms with Gasteiger partial charge in [0.1, 0.15) is 0 Å². The molecule has 1 aliphatic heterocycles. The van der Waals surface area contributed by atoms with Gasteiger partial charge in [0.05, 0.1) is 6.20 Å². The van der Waals surface area contributed by atoms with Gasteiger partial charge >= 0.3 is 0 Å². The van der Waals surface area contributed by atoms with Crippen LogP contribution in [0.4, 0.5) is 8.78 Å². The van der Waals surface area contributed by atoms with Gasteiger partial charge in [-0.05, 0) is 37.8 Å². The molecule has 7 heteroatoms. The van der Waals surface area contributed by atoms with Crippen molar-refractivity contribution in [2.24, 2.45) is 5.92 Å². The fourth-order valence-electron chi connectivity index (χ4n) is 4.03. The standard InChI is InChI=1S/C18H22F2N4O/c19-18(20)7-5-12(6-8-18)17(25)24-9-1-2-14(11-24)15-4-3-13-10-21-23-16(13)22-15/h3-4,10,12,14H,1-2,5-9,11H2,(H,21,22,23). The van der Waals surface area contributed by atoms with Gasteiger partial charge in [0, 0.05) is 48.8 Å². The SMILES string of the molecule is O=C(C1CCC(F)(F)CC1)N1CCCC(c2ccc3cn[nH]c3n2)C1. The second-order valence-electron chi connectivity index (χ2n) is 7.30. The van der Waals surface area contributed by atoms with Crippen molar-refractivity contribution in [3.63, 3.8) is 0 Å². The maximum atomic E-state index is 13.3. The molecule has 4 rings (SSSR count). The minimum atomic E-state index is -2.59. The quantitative estimate of drug-likeness (QED) is 0.904. The van der Waals surface area contributed by atoms with E-state index in [2.05, 4.69) is 15.2 Å². The average Bonchev–Trinajstić information content (AvgIpc) is 3.09. The zero-order valence-corrected chi connectivity index (χ0v) is 14.0. The summed E-state index contributed by atoms with van der Waals surface area (Å²) < 4.78 is 26.7. The highest BCUT2D eigenvalue weighted by atomic mass is 19.3. The molecule has 2 aliphatic rings. The second-order valence-corrected chi connectivity index (χ2v) is 7.30. The van der Waals surface area contributed by atoms with E-state index in [9.17, 15) is 13.6 Å². The van der Waals surface area contributed by atoms with E-state index in [1.807, 2.05) is 17.0 Å². The number of fused-ring (bicyclic) bond motifs is 1. The lowest BCUT2D eigenvalue weighted by Crippen LogP contribution is -2.44. The Bertz CT molecular complexity index is 765. The normalized spacial score (nSPS) is 24.6. The van der Waals surface area contributed by atoms with E-state index in [-0.39, 0.29) is 30.6 Å². The zero-order chi connectivity index (χ0) is 17.4. The van der Waals surface area contributed by atoms with Gasteiger partial charge in [0.15, 0.2) is 5.65 Å². The number of amides is 1. The third-order valence-corrected chi connectivity index (χ3v) is 5.54. The van der Waals surface area contributed by atoms with E-state index < -0.39 is 5.92 Å². The molecule has 2 aromatic heterocycles. The number of likely N-dealkylation sites (tertiary alicyclic amines) is 1. The van der Waals surface area contributed by atoms with E-state index in [4.69, 9.17) is 0 Å². The first-order valence-corrected chi connectivity index (χ1v) is 8.98. The summed E-state index contributed by atoms with van der Waals surface area (Å²) in [6.07, 6.45) is 3.90. The number of nitrogens with one attached hydrogen (secondary N) is 1. The fraction of sp³-hybridized carbons (Fsp3) is 0.611. The zero-order valence-electron chi connectivity index (χ0n) is 14.0. The van der Waals surface area contributed by atoms with Crippen LogP contribution in [0.25, 0.3) is 11.0 Å². The van der Waals surface area contributed by atoms with Crippen molar-refractivity contribution in [2.45, 2.75) is 50.4 Å². The second kappa shape index (κ2) is 6.35. The summed E-state index contributed by atoms with van der Waals surface area (Å²) >= 11 is 0. The molecule has 5 nitrogen and oxygen atoms in total. The van der Waals surface area contributed by atoms with Crippen LogP contribution in [0.1, 0.15) is 50.1 Å². The summed E-state index contributed by atoms with van der Waals surface area (Å²) in [5, 5.41) is 7.84. The molecule has 2 aromatic rings. The van der Waals surface area contributed by atoms with Gasteiger partial charge < -0.3 is 4.90 Å². The summed E-state index contributed by atoms with van der Waals surface area (Å²) in [6, 6.07) is 3.99. The number of alkyl halides is 2. The molecule has 2 fully saturated rings. The van der Waals surface area contributed by atoms with E-state index in [0.717, 1.165) is 29.6 Å². The number of nitrogens with zero attached hydrogens (tertiary/aromatic N) is 3. The Morgan fingerprint density at radius 2 is 2.04 bits per heavy atom. The molecular weight excluding hydrogens is 326 g/mol. The van der Waals surface area contributed by atoms with Gasteiger partial charge in [-0.15, -0.1) is 0 Å². The first-order chi connectivity index (χ1) is 12.0. The number of aromatic nitrogens is 3. The minimum absolute atomic E-state index is 0.0443. The first kappa shape index (κ1) is 16.4. The highest BCUT2D eigenvalue weighted by Gasteiger charge is 2.39. The summed E-state index contributed by atoms with van der Waals surface area (Å²) in [6.45, 7) is 1.34. The van der Waals surface area contributed by atoms with Crippen LogP contribution >= 0.6 is 0 Å². The first-order valence-electron chi connectivity index (χ1n) is 8.98. The number of pyridine rings is 1. The Morgan fingerprint density at radius 3 is 2.84 bits per heavy atom. The number of halogens is 2. The van der Waals surface area contributed by atoms with Crippen molar-refractivity contribution in [1.29, 1.82) is 0 Å². The molecule has 3 heterocycles. The number of hydrogen-bond donors (Lipinski definition) is 1. The lowest BCUT2D eigenvalue weighted by atomic mass is 9.85. The molecule has 1 atom stereocenters. The molecule has 0 radical (unpaired) electrons. The van der Waals surface area contributed by atoms with Gasteiger partial charge in [-0.25, -0.2) is 13.8 Å². The smallest absolute Gasteiger partial charge is 0.248 e. The summed E-state index contributed by atoms with van der Waals surface area (Å²) in [7, 11) is 0. The van der Waals surface area contributed by atoms with Crippen LogP contribution < -0.4 is 0 Å². The third kappa shape index (κ3) is 3.37. The lowest BCUT2D eigenvalue weighted by Gasteiger charge is -2.36.